The molecule has 1 amide bonds. The van der Waals surface area contributed by atoms with Gasteiger partial charge in [0.15, 0.2) is 0 Å². The van der Waals surface area contributed by atoms with Crippen molar-refractivity contribution in [3.05, 3.63) is 34.1 Å². The van der Waals surface area contributed by atoms with Crippen molar-refractivity contribution in [3.8, 4) is 0 Å². The van der Waals surface area contributed by atoms with Crippen LogP contribution in [-0.4, -0.2) is 40.8 Å². The first-order valence-electron chi connectivity index (χ1n) is 8.18. The molecule has 2 rings (SSSR count). The second-order valence-corrected chi connectivity index (χ2v) is 8.27. The lowest BCUT2D eigenvalue weighted by Crippen LogP contribution is -2.52. The van der Waals surface area contributed by atoms with E-state index >= 15 is 0 Å². The van der Waals surface area contributed by atoms with Crippen molar-refractivity contribution in [2.45, 2.75) is 45.6 Å². The Morgan fingerprint density at radius 1 is 1.40 bits per heavy atom. The Hall–Kier alpha value is -1.63. The molecule has 0 saturated carbocycles. The first-order chi connectivity index (χ1) is 11.5. The number of halogens is 2. The molecule has 0 spiro atoms. The number of aliphatic carboxylic acids is 1. The quantitative estimate of drug-likeness (QED) is 0.801. The molecule has 1 aliphatic heterocycles. The van der Waals surface area contributed by atoms with Crippen LogP contribution < -0.4 is 0 Å². The number of nitrogens with zero attached hydrogens (tertiary/aromatic N) is 1. The van der Waals surface area contributed by atoms with Gasteiger partial charge < -0.3 is 14.7 Å². The van der Waals surface area contributed by atoms with Crippen molar-refractivity contribution >= 4 is 28.0 Å². The molecule has 1 atom stereocenters. The molecule has 1 N–H and O–H groups in total. The first kappa shape index (κ1) is 19.7. The van der Waals surface area contributed by atoms with Crippen LogP contribution in [0.25, 0.3) is 0 Å². The fourth-order valence-electron chi connectivity index (χ4n) is 3.06. The molecule has 1 unspecified atom stereocenters. The molecule has 1 heterocycles. The minimum Gasteiger partial charge on any atom is -0.481 e. The summed E-state index contributed by atoms with van der Waals surface area (Å²) in [7, 11) is 0. The number of carboxylic acid groups (broad SMARTS) is 1. The van der Waals surface area contributed by atoms with Crippen LogP contribution in [0.3, 0.4) is 0 Å². The zero-order valence-electron chi connectivity index (χ0n) is 14.6. The molecular formula is C18H23BrFNO4. The fourth-order valence-corrected chi connectivity index (χ4v) is 3.46. The molecule has 5 nitrogen and oxygen atoms in total. The highest BCUT2D eigenvalue weighted by Crippen LogP contribution is 2.37. The van der Waals surface area contributed by atoms with E-state index in [9.17, 15) is 19.1 Å². The van der Waals surface area contributed by atoms with Gasteiger partial charge in [-0.2, -0.15) is 0 Å². The van der Waals surface area contributed by atoms with Crippen LogP contribution in [-0.2, 0) is 16.0 Å². The zero-order valence-corrected chi connectivity index (χ0v) is 16.2. The van der Waals surface area contributed by atoms with Gasteiger partial charge in [0.25, 0.3) is 0 Å². The monoisotopic (exact) mass is 415 g/mol. The topological polar surface area (TPSA) is 66.8 Å². The number of piperidine rings is 1. The summed E-state index contributed by atoms with van der Waals surface area (Å²) in [6, 6.07) is 4.57. The number of hydrogen-bond donors (Lipinski definition) is 1. The maximum atomic E-state index is 13.8. The van der Waals surface area contributed by atoms with Crippen molar-refractivity contribution < 1.29 is 23.8 Å². The Morgan fingerprint density at radius 2 is 2.08 bits per heavy atom. The third-order valence-electron chi connectivity index (χ3n) is 4.24. The van der Waals surface area contributed by atoms with E-state index in [-0.39, 0.29) is 17.4 Å². The Morgan fingerprint density at radius 3 is 2.68 bits per heavy atom. The van der Waals surface area contributed by atoms with Crippen LogP contribution >= 0.6 is 15.9 Å². The smallest absolute Gasteiger partial charge is 0.410 e. The first-order valence-corrected chi connectivity index (χ1v) is 8.98. The molecule has 1 saturated heterocycles. The highest BCUT2D eigenvalue weighted by atomic mass is 79.9. The van der Waals surface area contributed by atoms with Gasteiger partial charge in [-0.05, 0) is 67.6 Å². The van der Waals surface area contributed by atoms with Crippen LogP contribution in [0.5, 0.6) is 0 Å². The Balaban J connectivity index is 2.25. The minimum absolute atomic E-state index is 0.0419. The third-order valence-corrected chi connectivity index (χ3v) is 5.13. The molecule has 0 aromatic heterocycles. The van der Waals surface area contributed by atoms with Gasteiger partial charge in [-0.15, -0.1) is 0 Å². The SMILES string of the molecule is CC(C)(C)OC(=O)N1CCCC(Cc2cccc(F)c2Br)(C(=O)O)C1. The van der Waals surface area contributed by atoms with Crippen molar-refractivity contribution in [2.75, 3.05) is 13.1 Å². The lowest BCUT2D eigenvalue weighted by Gasteiger charge is -2.40. The van der Waals surface area contributed by atoms with Gasteiger partial charge in [0, 0.05) is 13.1 Å². The van der Waals surface area contributed by atoms with Gasteiger partial charge in [0.05, 0.1) is 9.89 Å². The second-order valence-electron chi connectivity index (χ2n) is 7.48. The average Bonchev–Trinajstić information content (AvgIpc) is 2.50. The van der Waals surface area contributed by atoms with Gasteiger partial charge in [0.2, 0.25) is 0 Å². The summed E-state index contributed by atoms with van der Waals surface area (Å²) in [5.74, 6) is -1.42. The van der Waals surface area contributed by atoms with E-state index in [4.69, 9.17) is 4.74 Å². The summed E-state index contributed by atoms with van der Waals surface area (Å²) in [4.78, 5) is 25.8. The van der Waals surface area contributed by atoms with E-state index in [1.54, 1.807) is 32.9 Å². The number of rotatable bonds is 3. The highest BCUT2D eigenvalue weighted by molar-refractivity contribution is 9.10. The van der Waals surface area contributed by atoms with Crippen molar-refractivity contribution in [1.82, 2.24) is 4.90 Å². The molecule has 1 aromatic rings. The lowest BCUT2D eigenvalue weighted by atomic mass is 9.75. The Kier molecular flexibility index (Phi) is 5.76. The molecule has 0 bridgehead atoms. The summed E-state index contributed by atoms with van der Waals surface area (Å²) in [6.45, 7) is 5.80. The number of likely N-dealkylation sites (tertiary alicyclic amines) is 1. The molecule has 7 heteroatoms. The van der Waals surface area contributed by atoms with E-state index in [0.29, 0.717) is 24.9 Å². The highest BCUT2D eigenvalue weighted by Gasteiger charge is 2.45. The number of ether oxygens (including phenoxy) is 1. The number of amides is 1. The normalized spacial score (nSPS) is 21.1. The molecule has 1 fully saturated rings. The van der Waals surface area contributed by atoms with Crippen LogP contribution in [0.4, 0.5) is 9.18 Å². The van der Waals surface area contributed by atoms with E-state index in [1.165, 1.54) is 11.0 Å². The predicted molar refractivity (Wildman–Crippen MR) is 94.9 cm³/mol. The van der Waals surface area contributed by atoms with Crippen molar-refractivity contribution in [1.29, 1.82) is 0 Å². The third kappa shape index (κ3) is 4.71. The molecule has 0 radical (unpaired) electrons. The summed E-state index contributed by atoms with van der Waals surface area (Å²) in [5, 5.41) is 9.85. The van der Waals surface area contributed by atoms with Crippen LogP contribution in [0, 0.1) is 11.2 Å². The van der Waals surface area contributed by atoms with Gasteiger partial charge in [-0.3, -0.25) is 4.79 Å². The Labute approximate surface area is 155 Å². The lowest BCUT2D eigenvalue weighted by molar-refractivity contribution is -0.152. The van der Waals surface area contributed by atoms with Crippen LogP contribution in [0.15, 0.2) is 22.7 Å². The van der Waals surface area contributed by atoms with Crippen LogP contribution in [0.2, 0.25) is 0 Å². The number of carboxylic acids is 1. The Bertz CT molecular complexity index is 674. The number of benzene rings is 1. The average molecular weight is 416 g/mol. The molecule has 138 valence electrons. The maximum absolute atomic E-state index is 13.8. The number of carbonyl (C=O) groups is 2. The van der Waals surface area contributed by atoms with E-state index in [1.807, 2.05) is 0 Å². The van der Waals surface area contributed by atoms with Gasteiger partial charge in [-0.1, -0.05) is 12.1 Å². The summed E-state index contributed by atoms with van der Waals surface area (Å²) < 4.78 is 19.4. The van der Waals surface area contributed by atoms with E-state index in [0.717, 1.165) is 0 Å². The number of carbonyl (C=O) groups excluding carboxylic acids is 1. The molecule has 0 aliphatic carbocycles. The summed E-state index contributed by atoms with van der Waals surface area (Å²) >= 11 is 3.19. The van der Waals surface area contributed by atoms with Crippen molar-refractivity contribution in [3.63, 3.8) is 0 Å². The number of hydrogen-bond acceptors (Lipinski definition) is 3. The largest absolute Gasteiger partial charge is 0.481 e. The zero-order chi connectivity index (χ0) is 18.8. The molecular weight excluding hydrogens is 393 g/mol. The summed E-state index contributed by atoms with van der Waals surface area (Å²) in [5.41, 5.74) is -1.23. The maximum Gasteiger partial charge on any atom is 0.410 e. The standard InChI is InChI=1S/C18H23BrFNO4/c1-17(2,3)25-16(24)21-9-5-8-18(11-21,15(22)23)10-12-6-4-7-13(20)14(12)19/h4,6-7H,5,8-11H2,1-3H3,(H,22,23). The fraction of sp³-hybridized carbons (Fsp3) is 0.556. The molecule has 1 aliphatic rings. The van der Waals surface area contributed by atoms with Gasteiger partial charge >= 0.3 is 12.1 Å². The second kappa shape index (κ2) is 7.32. The van der Waals surface area contributed by atoms with E-state index < -0.39 is 28.9 Å². The van der Waals surface area contributed by atoms with Gasteiger partial charge in [-0.25, -0.2) is 9.18 Å². The van der Waals surface area contributed by atoms with Gasteiger partial charge in [0.1, 0.15) is 11.4 Å². The predicted octanol–water partition coefficient (Wildman–Crippen LogP) is 4.23. The molecule has 25 heavy (non-hydrogen) atoms. The molecule has 1 aromatic carbocycles. The van der Waals surface area contributed by atoms with Crippen LogP contribution in [0.1, 0.15) is 39.2 Å². The minimum atomic E-state index is -1.16. The van der Waals surface area contributed by atoms with Crippen molar-refractivity contribution in [2.24, 2.45) is 5.41 Å². The summed E-state index contributed by atoms with van der Waals surface area (Å²) in [6.07, 6.45) is 0.597. The van der Waals surface area contributed by atoms with E-state index in [2.05, 4.69) is 15.9 Å².